The molecule has 18 heavy (non-hydrogen) atoms. The Morgan fingerprint density at radius 1 is 1.00 bits per heavy atom. The molecule has 0 N–H and O–H groups in total. The van der Waals surface area contributed by atoms with Crippen molar-refractivity contribution in [2.45, 2.75) is 0 Å². The van der Waals surface area contributed by atoms with Crippen LogP contribution in [0.25, 0.3) is 0 Å². The summed E-state index contributed by atoms with van der Waals surface area (Å²) in [5.74, 6) is 0.550. The Morgan fingerprint density at radius 2 is 1.67 bits per heavy atom. The second-order valence-corrected chi connectivity index (χ2v) is 3.59. The van der Waals surface area contributed by atoms with Gasteiger partial charge in [-0.1, -0.05) is 12.1 Å². The Morgan fingerprint density at radius 3 is 2.28 bits per heavy atom. The minimum Gasteiger partial charge on any atom is -0.545 e. The van der Waals surface area contributed by atoms with E-state index in [2.05, 4.69) is 0 Å². The van der Waals surface area contributed by atoms with Crippen molar-refractivity contribution >= 4 is 5.97 Å². The van der Waals surface area contributed by atoms with E-state index in [0.29, 0.717) is 11.5 Å². The molecule has 0 aliphatic heterocycles. The predicted molar refractivity (Wildman–Crippen MR) is 63.8 cm³/mol. The average molecular weight is 243 g/mol. The maximum absolute atomic E-state index is 10.7. The third kappa shape index (κ3) is 2.79. The topological polar surface area (TPSA) is 58.6 Å². The van der Waals surface area contributed by atoms with Gasteiger partial charge < -0.3 is 19.4 Å². The van der Waals surface area contributed by atoms with Crippen LogP contribution in [-0.2, 0) is 0 Å². The van der Waals surface area contributed by atoms with Gasteiger partial charge in [-0.15, -0.1) is 0 Å². The van der Waals surface area contributed by atoms with Crippen LogP contribution in [0.4, 0.5) is 0 Å². The van der Waals surface area contributed by atoms with E-state index >= 15 is 0 Å². The van der Waals surface area contributed by atoms with Crippen molar-refractivity contribution in [2.24, 2.45) is 0 Å². The molecule has 0 unspecified atom stereocenters. The number of hydrogen-bond donors (Lipinski definition) is 0. The number of carbonyl (C=O) groups excluding carboxylic acids is 1. The minimum atomic E-state index is -1.23. The predicted octanol–water partition coefficient (Wildman–Crippen LogP) is 1.85. The van der Waals surface area contributed by atoms with Crippen molar-refractivity contribution in [3.05, 3.63) is 54.1 Å². The standard InChI is InChI=1S/C14H12O4/c1-17-11-5-7-12(8-6-11)18-13-4-2-3-10(9-13)14(15)16/h2-9H,1H3,(H,15,16)/p-1. The summed E-state index contributed by atoms with van der Waals surface area (Å²) in [6, 6.07) is 13.2. The van der Waals surface area contributed by atoms with Crippen LogP contribution < -0.4 is 14.6 Å². The molecule has 0 heterocycles. The molecule has 4 nitrogen and oxygen atoms in total. The summed E-state index contributed by atoms with van der Waals surface area (Å²) < 4.78 is 10.6. The SMILES string of the molecule is COc1ccc(Oc2cccc(C(=O)[O-])c2)cc1. The number of benzene rings is 2. The lowest BCUT2D eigenvalue weighted by Gasteiger charge is -2.08. The van der Waals surface area contributed by atoms with Gasteiger partial charge in [-0.05, 0) is 36.4 Å². The summed E-state index contributed by atoms with van der Waals surface area (Å²) in [5, 5.41) is 10.7. The summed E-state index contributed by atoms with van der Waals surface area (Å²) in [4.78, 5) is 10.7. The van der Waals surface area contributed by atoms with Crippen molar-refractivity contribution in [3.63, 3.8) is 0 Å². The van der Waals surface area contributed by atoms with Gasteiger partial charge in [-0.3, -0.25) is 0 Å². The van der Waals surface area contributed by atoms with Crippen LogP contribution in [0.1, 0.15) is 10.4 Å². The largest absolute Gasteiger partial charge is 0.545 e. The highest BCUT2D eigenvalue weighted by atomic mass is 16.5. The Labute approximate surface area is 104 Å². The van der Waals surface area contributed by atoms with Crippen LogP contribution in [0.5, 0.6) is 17.2 Å². The Bertz CT molecular complexity index is 546. The molecule has 0 aliphatic rings. The molecule has 0 saturated heterocycles. The third-order valence-electron chi connectivity index (χ3n) is 2.36. The zero-order valence-electron chi connectivity index (χ0n) is 9.75. The number of aromatic carboxylic acids is 1. The van der Waals surface area contributed by atoms with Crippen molar-refractivity contribution in [3.8, 4) is 17.2 Å². The van der Waals surface area contributed by atoms with Crippen molar-refractivity contribution in [1.29, 1.82) is 0 Å². The lowest BCUT2D eigenvalue weighted by molar-refractivity contribution is -0.255. The average Bonchev–Trinajstić information content (AvgIpc) is 2.40. The van der Waals surface area contributed by atoms with Gasteiger partial charge in [-0.25, -0.2) is 0 Å². The molecule has 4 heteroatoms. The van der Waals surface area contributed by atoms with Crippen LogP contribution in [-0.4, -0.2) is 13.1 Å². The maximum atomic E-state index is 10.7. The smallest absolute Gasteiger partial charge is 0.128 e. The Kier molecular flexibility index (Phi) is 3.48. The molecule has 0 aromatic heterocycles. The summed E-state index contributed by atoms with van der Waals surface area (Å²) in [6.07, 6.45) is 0. The first-order valence-corrected chi connectivity index (χ1v) is 5.32. The molecule has 0 atom stereocenters. The molecule has 0 bridgehead atoms. The van der Waals surface area contributed by atoms with Gasteiger partial charge in [0.05, 0.1) is 13.1 Å². The quantitative estimate of drug-likeness (QED) is 0.822. The van der Waals surface area contributed by atoms with Crippen LogP contribution >= 0.6 is 0 Å². The van der Waals surface area contributed by atoms with Crippen molar-refractivity contribution < 1.29 is 19.4 Å². The third-order valence-corrected chi connectivity index (χ3v) is 2.36. The molecule has 0 aliphatic carbocycles. The summed E-state index contributed by atoms with van der Waals surface area (Å²) in [6.45, 7) is 0. The summed E-state index contributed by atoms with van der Waals surface area (Å²) in [5.41, 5.74) is 0.0843. The second-order valence-electron chi connectivity index (χ2n) is 3.59. The number of carbonyl (C=O) groups is 1. The van der Waals surface area contributed by atoms with Gasteiger partial charge in [0.25, 0.3) is 0 Å². The first-order chi connectivity index (χ1) is 8.69. The Balaban J connectivity index is 2.17. The van der Waals surface area contributed by atoms with Gasteiger partial charge in [0.15, 0.2) is 0 Å². The molecular formula is C14H11O4-. The van der Waals surface area contributed by atoms with E-state index in [4.69, 9.17) is 9.47 Å². The van der Waals surface area contributed by atoms with E-state index < -0.39 is 5.97 Å². The summed E-state index contributed by atoms with van der Waals surface area (Å²) >= 11 is 0. The highest BCUT2D eigenvalue weighted by Gasteiger charge is 2.00. The fraction of sp³-hybridized carbons (Fsp3) is 0.0714. The molecule has 0 spiro atoms. The number of hydrogen-bond acceptors (Lipinski definition) is 4. The number of carboxylic acid groups (broad SMARTS) is 1. The number of methoxy groups -OCH3 is 1. The number of rotatable bonds is 4. The molecular weight excluding hydrogens is 232 g/mol. The molecule has 2 aromatic rings. The van der Waals surface area contributed by atoms with E-state index in [1.165, 1.54) is 12.1 Å². The van der Waals surface area contributed by atoms with Gasteiger partial charge in [0.1, 0.15) is 17.2 Å². The molecule has 92 valence electrons. The van der Waals surface area contributed by atoms with Gasteiger partial charge in [0.2, 0.25) is 0 Å². The monoisotopic (exact) mass is 243 g/mol. The summed E-state index contributed by atoms with van der Waals surface area (Å²) in [7, 11) is 1.58. The van der Waals surface area contributed by atoms with Gasteiger partial charge in [0, 0.05) is 5.56 Å². The van der Waals surface area contributed by atoms with E-state index in [-0.39, 0.29) is 5.56 Å². The van der Waals surface area contributed by atoms with E-state index in [0.717, 1.165) is 5.75 Å². The molecule has 2 aromatic carbocycles. The van der Waals surface area contributed by atoms with E-state index in [9.17, 15) is 9.90 Å². The van der Waals surface area contributed by atoms with Crippen LogP contribution in [0, 0.1) is 0 Å². The van der Waals surface area contributed by atoms with Crippen molar-refractivity contribution in [2.75, 3.05) is 7.11 Å². The zero-order chi connectivity index (χ0) is 13.0. The highest BCUT2D eigenvalue weighted by molar-refractivity contribution is 5.86. The van der Waals surface area contributed by atoms with Crippen LogP contribution in [0.15, 0.2) is 48.5 Å². The molecule has 0 amide bonds. The maximum Gasteiger partial charge on any atom is 0.128 e. The molecule has 0 radical (unpaired) electrons. The lowest BCUT2D eigenvalue weighted by atomic mass is 10.2. The number of ether oxygens (including phenoxy) is 2. The molecule has 0 fully saturated rings. The first-order valence-electron chi connectivity index (χ1n) is 5.32. The minimum absolute atomic E-state index is 0.0843. The molecule has 2 rings (SSSR count). The zero-order valence-corrected chi connectivity index (χ0v) is 9.75. The fourth-order valence-electron chi connectivity index (χ4n) is 1.47. The molecule has 0 saturated carbocycles. The second kappa shape index (κ2) is 5.23. The first kappa shape index (κ1) is 12.0. The Hall–Kier alpha value is -2.49. The number of carboxylic acids is 1. The van der Waals surface area contributed by atoms with E-state index in [1.807, 2.05) is 0 Å². The fourth-order valence-corrected chi connectivity index (χ4v) is 1.47. The van der Waals surface area contributed by atoms with Gasteiger partial charge >= 0.3 is 0 Å². The van der Waals surface area contributed by atoms with E-state index in [1.54, 1.807) is 43.5 Å². The van der Waals surface area contributed by atoms with Crippen LogP contribution in [0.2, 0.25) is 0 Å². The normalized spacial score (nSPS) is 9.83. The highest BCUT2D eigenvalue weighted by Crippen LogP contribution is 2.24. The van der Waals surface area contributed by atoms with Crippen LogP contribution in [0.3, 0.4) is 0 Å². The van der Waals surface area contributed by atoms with Crippen molar-refractivity contribution in [1.82, 2.24) is 0 Å². The van der Waals surface area contributed by atoms with Gasteiger partial charge in [-0.2, -0.15) is 0 Å². The lowest BCUT2D eigenvalue weighted by Crippen LogP contribution is -2.21.